The minimum absolute atomic E-state index is 0.0812. The number of nitrogens with one attached hydrogen (secondary N) is 1. The molecule has 1 amide bonds. The zero-order valence-corrected chi connectivity index (χ0v) is 18.4. The molecule has 1 aromatic rings. The molecule has 158 valence electrons. The number of carbonyl (C=O) groups is 1. The van der Waals surface area contributed by atoms with Gasteiger partial charge in [0.1, 0.15) is 0 Å². The molecule has 1 aromatic carbocycles. The Kier molecular flexibility index (Phi) is 9.21. The largest absolute Gasteiger partial charge is 0.355 e. The van der Waals surface area contributed by atoms with Crippen molar-refractivity contribution in [1.82, 2.24) is 14.5 Å². The predicted molar refractivity (Wildman–Crippen MR) is 114 cm³/mol. The van der Waals surface area contributed by atoms with E-state index in [4.69, 9.17) is 11.6 Å². The molecule has 1 aliphatic rings. The minimum atomic E-state index is -3.53. The summed E-state index contributed by atoms with van der Waals surface area (Å²) in [6.07, 6.45) is 6.95. The number of halogens is 1. The standard InChI is InChI=1S/C20H32ClN3O3S/c1-3-18-10-6-7-13-23(18)14-8-12-22-20(25)16-24(28(2,26)27)15-17-9-4-5-11-19(17)21/h4-5,9,11,18H,3,6-8,10,12-16H2,1-2H3,(H,22,25)/t18-/m0/s1. The molecule has 0 unspecified atom stereocenters. The normalized spacial score (nSPS) is 18.4. The maximum absolute atomic E-state index is 12.3. The van der Waals surface area contributed by atoms with Gasteiger partial charge in [0.05, 0.1) is 12.8 Å². The van der Waals surface area contributed by atoms with Gasteiger partial charge in [0.15, 0.2) is 0 Å². The van der Waals surface area contributed by atoms with Gasteiger partial charge in [-0.25, -0.2) is 8.42 Å². The first kappa shape index (κ1) is 23.1. The molecule has 2 rings (SSSR count). The average Bonchev–Trinajstić information content (AvgIpc) is 2.66. The number of hydrogen-bond donors (Lipinski definition) is 1. The molecule has 0 spiro atoms. The van der Waals surface area contributed by atoms with Gasteiger partial charge in [-0.3, -0.25) is 4.79 Å². The predicted octanol–water partition coefficient (Wildman–Crippen LogP) is 2.87. The summed E-state index contributed by atoms with van der Waals surface area (Å²) in [7, 11) is -3.53. The lowest BCUT2D eigenvalue weighted by molar-refractivity contribution is -0.121. The van der Waals surface area contributed by atoms with E-state index in [1.54, 1.807) is 24.3 Å². The summed E-state index contributed by atoms with van der Waals surface area (Å²) in [5, 5.41) is 3.34. The van der Waals surface area contributed by atoms with Crippen molar-refractivity contribution in [3.05, 3.63) is 34.9 Å². The molecule has 28 heavy (non-hydrogen) atoms. The number of piperidine rings is 1. The summed E-state index contributed by atoms with van der Waals surface area (Å²) < 4.78 is 25.3. The van der Waals surface area contributed by atoms with Crippen LogP contribution in [0.1, 0.15) is 44.6 Å². The van der Waals surface area contributed by atoms with Gasteiger partial charge in [-0.1, -0.05) is 43.1 Å². The molecule has 0 saturated carbocycles. The molecular formula is C20H32ClN3O3S. The van der Waals surface area contributed by atoms with Gasteiger partial charge in [0, 0.05) is 30.7 Å². The molecule has 0 bridgehead atoms. The second-order valence-corrected chi connectivity index (χ2v) is 9.81. The number of amides is 1. The number of carbonyl (C=O) groups excluding carboxylic acids is 1. The van der Waals surface area contributed by atoms with Crippen molar-refractivity contribution < 1.29 is 13.2 Å². The van der Waals surface area contributed by atoms with Gasteiger partial charge in [-0.15, -0.1) is 0 Å². The molecule has 0 aliphatic carbocycles. The smallest absolute Gasteiger partial charge is 0.235 e. The van der Waals surface area contributed by atoms with E-state index in [-0.39, 0.29) is 19.0 Å². The van der Waals surface area contributed by atoms with Gasteiger partial charge in [-0.2, -0.15) is 4.31 Å². The van der Waals surface area contributed by atoms with E-state index >= 15 is 0 Å². The lowest BCUT2D eigenvalue weighted by Gasteiger charge is -2.35. The molecule has 0 aromatic heterocycles. The van der Waals surface area contributed by atoms with E-state index in [0.29, 0.717) is 23.2 Å². The van der Waals surface area contributed by atoms with E-state index in [0.717, 1.165) is 36.5 Å². The third kappa shape index (κ3) is 7.35. The zero-order chi connectivity index (χ0) is 20.6. The zero-order valence-electron chi connectivity index (χ0n) is 16.9. The third-order valence-electron chi connectivity index (χ3n) is 5.26. The Morgan fingerprint density at radius 3 is 2.75 bits per heavy atom. The highest BCUT2D eigenvalue weighted by Gasteiger charge is 2.22. The summed E-state index contributed by atoms with van der Waals surface area (Å²) in [4.78, 5) is 14.8. The Morgan fingerprint density at radius 1 is 1.32 bits per heavy atom. The van der Waals surface area contributed by atoms with Crippen LogP contribution in [0.3, 0.4) is 0 Å². The lowest BCUT2D eigenvalue weighted by Crippen LogP contribution is -2.42. The Hall–Kier alpha value is -1.15. The second kappa shape index (κ2) is 11.1. The SMILES string of the molecule is CC[C@H]1CCCCN1CCCNC(=O)CN(Cc1ccccc1Cl)S(C)(=O)=O. The first-order valence-electron chi connectivity index (χ1n) is 10.0. The van der Waals surface area contributed by atoms with E-state index in [9.17, 15) is 13.2 Å². The van der Waals surface area contributed by atoms with Crippen LogP contribution in [0.15, 0.2) is 24.3 Å². The fraction of sp³-hybridized carbons (Fsp3) is 0.650. The Morgan fingerprint density at radius 2 is 2.07 bits per heavy atom. The van der Waals surface area contributed by atoms with Gasteiger partial charge in [0.25, 0.3) is 0 Å². The number of sulfonamides is 1. The molecule has 1 aliphatic heterocycles. The summed E-state index contributed by atoms with van der Waals surface area (Å²) in [6.45, 7) is 4.75. The number of rotatable bonds is 10. The van der Waals surface area contributed by atoms with Crippen molar-refractivity contribution in [1.29, 1.82) is 0 Å². The van der Waals surface area contributed by atoms with Crippen molar-refractivity contribution in [2.45, 2.75) is 51.6 Å². The average molecular weight is 430 g/mol. The van der Waals surface area contributed by atoms with Crippen molar-refractivity contribution in [2.75, 3.05) is 32.4 Å². The number of nitrogens with zero attached hydrogens (tertiary/aromatic N) is 2. The summed E-state index contributed by atoms with van der Waals surface area (Å²) in [6, 6.07) is 7.71. The maximum Gasteiger partial charge on any atom is 0.235 e. The fourth-order valence-corrected chi connectivity index (χ4v) is 4.57. The Labute approximate surface area is 174 Å². The molecule has 1 heterocycles. The highest BCUT2D eigenvalue weighted by molar-refractivity contribution is 7.88. The van der Waals surface area contributed by atoms with Crippen LogP contribution in [0, 0.1) is 0 Å². The van der Waals surface area contributed by atoms with Gasteiger partial charge < -0.3 is 10.2 Å². The van der Waals surface area contributed by atoms with Crippen molar-refractivity contribution in [2.24, 2.45) is 0 Å². The number of hydrogen-bond acceptors (Lipinski definition) is 4. The van der Waals surface area contributed by atoms with Crippen LogP contribution >= 0.6 is 11.6 Å². The highest BCUT2D eigenvalue weighted by Crippen LogP contribution is 2.19. The van der Waals surface area contributed by atoms with Crippen LogP contribution in [-0.4, -0.2) is 62.0 Å². The highest BCUT2D eigenvalue weighted by atomic mass is 35.5. The van der Waals surface area contributed by atoms with Crippen LogP contribution in [0.25, 0.3) is 0 Å². The van der Waals surface area contributed by atoms with E-state index < -0.39 is 10.0 Å². The molecule has 1 saturated heterocycles. The molecule has 1 atom stereocenters. The summed E-state index contributed by atoms with van der Waals surface area (Å²) in [5.74, 6) is -0.289. The van der Waals surface area contributed by atoms with E-state index in [1.807, 2.05) is 0 Å². The molecular weight excluding hydrogens is 398 g/mol. The van der Waals surface area contributed by atoms with Crippen molar-refractivity contribution in [3.63, 3.8) is 0 Å². The van der Waals surface area contributed by atoms with Crippen LogP contribution in [-0.2, 0) is 21.4 Å². The number of benzene rings is 1. The van der Waals surface area contributed by atoms with Crippen molar-refractivity contribution in [3.8, 4) is 0 Å². The fourth-order valence-electron chi connectivity index (χ4n) is 3.65. The topological polar surface area (TPSA) is 69.7 Å². The molecule has 1 N–H and O–H groups in total. The first-order valence-corrected chi connectivity index (χ1v) is 12.2. The van der Waals surface area contributed by atoms with E-state index in [2.05, 4.69) is 17.1 Å². The van der Waals surface area contributed by atoms with Gasteiger partial charge >= 0.3 is 0 Å². The molecule has 8 heteroatoms. The Bertz CT molecular complexity index is 742. The van der Waals surface area contributed by atoms with Crippen LogP contribution in [0.4, 0.5) is 0 Å². The van der Waals surface area contributed by atoms with Gasteiger partial charge in [0.2, 0.25) is 15.9 Å². The van der Waals surface area contributed by atoms with Gasteiger partial charge in [-0.05, 0) is 43.9 Å². The molecule has 1 fully saturated rings. The Balaban J connectivity index is 1.81. The van der Waals surface area contributed by atoms with Crippen LogP contribution < -0.4 is 5.32 Å². The van der Waals surface area contributed by atoms with Crippen LogP contribution in [0.5, 0.6) is 0 Å². The van der Waals surface area contributed by atoms with Crippen LogP contribution in [0.2, 0.25) is 5.02 Å². The summed E-state index contributed by atoms with van der Waals surface area (Å²) >= 11 is 6.13. The second-order valence-electron chi connectivity index (χ2n) is 7.42. The first-order chi connectivity index (χ1) is 13.3. The quantitative estimate of drug-likeness (QED) is 0.580. The minimum Gasteiger partial charge on any atom is -0.355 e. The monoisotopic (exact) mass is 429 g/mol. The maximum atomic E-state index is 12.3. The molecule has 6 nitrogen and oxygen atoms in total. The number of likely N-dealkylation sites (tertiary alicyclic amines) is 1. The summed E-state index contributed by atoms with van der Waals surface area (Å²) in [5.41, 5.74) is 0.679. The van der Waals surface area contributed by atoms with Crippen molar-refractivity contribution >= 4 is 27.5 Å². The lowest BCUT2D eigenvalue weighted by atomic mass is 10.00. The third-order valence-corrected chi connectivity index (χ3v) is 6.82. The van der Waals surface area contributed by atoms with E-state index in [1.165, 1.54) is 19.3 Å². The molecule has 0 radical (unpaired) electrons.